The summed E-state index contributed by atoms with van der Waals surface area (Å²) >= 11 is 0. The zero-order valence-corrected chi connectivity index (χ0v) is 25.5. The molecular formula is C33H41F3N4O5. The van der Waals surface area contributed by atoms with Crippen LogP contribution in [0.4, 0.5) is 13.2 Å². The van der Waals surface area contributed by atoms with Gasteiger partial charge < -0.3 is 19.5 Å². The fourth-order valence-corrected chi connectivity index (χ4v) is 6.61. The molecule has 2 fully saturated rings. The Morgan fingerprint density at radius 1 is 1.09 bits per heavy atom. The third-order valence-electron chi connectivity index (χ3n) is 9.31. The molecule has 1 atom stereocenters. The number of rotatable bonds is 12. The van der Waals surface area contributed by atoms with Crippen molar-refractivity contribution >= 4 is 16.8 Å². The number of nitrogens with zero attached hydrogens (tertiary/aromatic N) is 3. The zero-order chi connectivity index (χ0) is 32.0. The molecule has 3 heterocycles. The van der Waals surface area contributed by atoms with E-state index in [0.717, 1.165) is 47.3 Å². The van der Waals surface area contributed by atoms with Crippen molar-refractivity contribution < 1.29 is 37.8 Å². The summed E-state index contributed by atoms with van der Waals surface area (Å²) in [6, 6.07) is 7.61. The van der Waals surface area contributed by atoms with Crippen LogP contribution in [0.3, 0.4) is 0 Å². The summed E-state index contributed by atoms with van der Waals surface area (Å²) in [6.45, 7) is 5.23. The van der Waals surface area contributed by atoms with Crippen LogP contribution in [0, 0.1) is 22.9 Å². The molecule has 12 heteroatoms. The lowest BCUT2D eigenvalue weighted by Gasteiger charge is -2.40. The van der Waals surface area contributed by atoms with Crippen LogP contribution in [0.5, 0.6) is 5.75 Å². The number of nitrogens with one attached hydrogen (secondary N) is 1. The molecule has 1 unspecified atom stereocenters. The van der Waals surface area contributed by atoms with Crippen molar-refractivity contribution in [2.45, 2.75) is 51.2 Å². The highest BCUT2D eigenvalue weighted by atomic mass is 19.2. The Labute approximate surface area is 260 Å². The minimum atomic E-state index is -1.47. The number of aliphatic hydroxyl groups is 1. The lowest BCUT2D eigenvalue weighted by atomic mass is 9.73. The summed E-state index contributed by atoms with van der Waals surface area (Å²) in [5.41, 5.74) is 3.77. The summed E-state index contributed by atoms with van der Waals surface area (Å²) < 4.78 is 51.4. The second kappa shape index (κ2) is 14.9. The number of piperidine rings is 1. The van der Waals surface area contributed by atoms with E-state index in [1.165, 1.54) is 0 Å². The third-order valence-corrected chi connectivity index (χ3v) is 9.31. The Hall–Kier alpha value is -3.29. The molecule has 1 amide bonds. The Morgan fingerprint density at radius 2 is 1.80 bits per heavy atom. The van der Waals surface area contributed by atoms with E-state index in [1.54, 1.807) is 7.11 Å². The first-order chi connectivity index (χ1) is 21.7. The molecule has 2 aliphatic rings. The number of aliphatic hydroxyl groups excluding tert-OH is 1. The molecule has 0 spiro atoms. The lowest BCUT2D eigenvalue weighted by Crippen LogP contribution is -2.48. The molecule has 0 radical (unpaired) electrons. The number of likely N-dealkylation sites (tertiary alicyclic amines) is 1. The Morgan fingerprint density at radius 3 is 2.47 bits per heavy atom. The molecule has 2 aromatic carbocycles. The zero-order valence-electron chi connectivity index (χ0n) is 25.5. The van der Waals surface area contributed by atoms with Crippen molar-refractivity contribution in [3.05, 3.63) is 70.7 Å². The Kier molecular flexibility index (Phi) is 10.9. The van der Waals surface area contributed by atoms with E-state index in [2.05, 4.69) is 14.8 Å². The van der Waals surface area contributed by atoms with Crippen molar-refractivity contribution in [2.75, 3.05) is 53.0 Å². The van der Waals surface area contributed by atoms with Crippen molar-refractivity contribution in [3.63, 3.8) is 0 Å². The highest BCUT2D eigenvalue weighted by Gasteiger charge is 2.41. The minimum absolute atomic E-state index is 0.293. The van der Waals surface area contributed by atoms with Gasteiger partial charge in [0.1, 0.15) is 5.75 Å². The maximum atomic E-state index is 13.6. The number of aryl methyl sites for hydroxylation is 1. The first-order valence-electron chi connectivity index (χ1n) is 15.5. The molecule has 2 saturated heterocycles. The number of fused-ring (bicyclic) bond motifs is 1. The summed E-state index contributed by atoms with van der Waals surface area (Å²) in [5, 5.41) is 22.2. The van der Waals surface area contributed by atoms with E-state index < -0.39 is 34.9 Å². The SMILES string of the molecule is COc1ccc2ncc(CN3CCOCC3)c(C(O)CCC3(C(=O)NO)CCN(CCCc4cc(F)c(F)c(F)c4)CC3)c2c1. The highest BCUT2D eigenvalue weighted by molar-refractivity contribution is 5.85. The first-order valence-corrected chi connectivity index (χ1v) is 15.5. The minimum Gasteiger partial charge on any atom is -0.497 e. The number of carbonyl (C=O) groups excluding carboxylic acids is 1. The van der Waals surface area contributed by atoms with E-state index in [-0.39, 0.29) is 0 Å². The summed E-state index contributed by atoms with van der Waals surface area (Å²) in [4.78, 5) is 22.1. The van der Waals surface area contributed by atoms with Crippen molar-refractivity contribution in [1.29, 1.82) is 0 Å². The number of aromatic nitrogens is 1. The van der Waals surface area contributed by atoms with Gasteiger partial charge >= 0.3 is 0 Å². The maximum Gasteiger partial charge on any atom is 0.249 e. The van der Waals surface area contributed by atoms with Gasteiger partial charge in [0.2, 0.25) is 5.91 Å². The molecule has 1 aromatic heterocycles. The first kappa shape index (κ1) is 33.1. The van der Waals surface area contributed by atoms with Gasteiger partial charge in [-0.1, -0.05) is 0 Å². The number of pyridine rings is 1. The lowest BCUT2D eigenvalue weighted by molar-refractivity contribution is -0.143. The van der Waals surface area contributed by atoms with Gasteiger partial charge in [0.05, 0.1) is 37.4 Å². The number of halogens is 3. The van der Waals surface area contributed by atoms with E-state index in [9.17, 15) is 28.3 Å². The van der Waals surface area contributed by atoms with E-state index in [0.29, 0.717) is 89.2 Å². The predicted molar refractivity (Wildman–Crippen MR) is 161 cm³/mol. The van der Waals surface area contributed by atoms with Crippen LogP contribution in [0.1, 0.15) is 54.9 Å². The molecule has 0 bridgehead atoms. The second-order valence-corrected chi connectivity index (χ2v) is 12.1. The van der Waals surface area contributed by atoms with Crippen molar-refractivity contribution in [2.24, 2.45) is 5.41 Å². The number of hydrogen-bond donors (Lipinski definition) is 3. The van der Waals surface area contributed by atoms with E-state index >= 15 is 0 Å². The normalized spacial score (nSPS) is 18.2. The predicted octanol–water partition coefficient (Wildman–Crippen LogP) is 4.53. The molecule has 9 nitrogen and oxygen atoms in total. The molecule has 3 N–H and O–H groups in total. The standard InChI is InChI=1S/C33H41F3N4O5/c1-44-24-4-5-28-25(19-24)30(23(20-37-28)21-40-13-15-45-16-14-40)29(41)6-7-33(32(42)38-43)8-11-39(12-9-33)10-2-3-22-17-26(34)31(36)27(35)18-22/h4-5,17-20,29,41,43H,2-3,6-16,21H2,1H3,(H,38,42). The number of carbonyl (C=O) groups is 1. The Balaban J connectivity index is 1.27. The number of hydroxylamine groups is 1. The molecule has 2 aliphatic heterocycles. The largest absolute Gasteiger partial charge is 0.497 e. The fraction of sp³-hybridized carbons (Fsp3) is 0.515. The Bertz CT molecular complexity index is 1460. The van der Waals surface area contributed by atoms with Crippen LogP contribution in [-0.4, -0.2) is 84.1 Å². The second-order valence-electron chi connectivity index (χ2n) is 12.1. The number of methoxy groups -OCH3 is 1. The monoisotopic (exact) mass is 630 g/mol. The van der Waals surface area contributed by atoms with Crippen LogP contribution in [0.15, 0.2) is 36.5 Å². The number of benzene rings is 2. The summed E-state index contributed by atoms with van der Waals surface area (Å²) in [5.74, 6) is -3.68. The molecular weight excluding hydrogens is 589 g/mol. The number of amides is 1. The van der Waals surface area contributed by atoms with Gasteiger partial charge in [0.25, 0.3) is 0 Å². The van der Waals surface area contributed by atoms with Gasteiger partial charge in [-0.2, -0.15) is 0 Å². The molecule has 45 heavy (non-hydrogen) atoms. The molecule has 3 aromatic rings. The quantitative estimate of drug-likeness (QED) is 0.152. The van der Waals surface area contributed by atoms with Gasteiger partial charge in [-0.25, -0.2) is 18.7 Å². The fourth-order valence-electron chi connectivity index (χ4n) is 6.61. The number of morpholine rings is 1. The number of hydrogen-bond acceptors (Lipinski definition) is 8. The maximum absolute atomic E-state index is 13.6. The molecule has 5 rings (SSSR count). The van der Waals surface area contributed by atoms with Gasteiger partial charge in [0, 0.05) is 31.2 Å². The molecule has 244 valence electrons. The van der Waals surface area contributed by atoms with Gasteiger partial charge in [0.15, 0.2) is 17.5 Å². The average Bonchev–Trinajstić information content (AvgIpc) is 3.06. The molecule has 0 saturated carbocycles. The van der Waals surface area contributed by atoms with Crippen molar-refractivity contribution in [3.8, 4) is 5.75 Å². The van der Waals surface area contributed by atoms with E-state index in [1.807, 2.05) is 29.9 Å². The van der Waals surface area contributed by atoms with Gasteiger partial charge in [-0.05, 0) is 105 Å². The highest BCUT2D eigenvalue weighted by Crippen LogP contribution is 2.40. The molecule has 0 aliphatic carbocycles. The topological polar surface area (TPSA) is 107 Å². The summed E-state index contributed by atoms with van der Waals surface area (Å²) in [7, 11) is 1.59. The number of ether oxygens (including phenoxy) is 2. The smallest absolute Gasteiger partial charge is 0.249 e. The average molecular weight is 631 g/mol. The third kappa shape index (κ3) is 7.75. The van der Waals surface area contributed by atoms with Crippen LogP contribution >= 0.6 is 0 Å². The van der Waals surface area contributed by atoms with E-state index in [4.69, 9.17) is 9.47 Å². The van der Waals surface area contributed by atoms with Crippen LogP contribution in [0.25, 0.3) is 10.9 Å². The summed E-state index contributed by atoms with van der Waals surface area (Å²) in [6.07, 6.45) is 3.50. The van der Waals surface area contributed by atoms with Crippen molar-refractivity contribution in [1.82, 2.24) is 20.3 Å². The van der Waals surface area contributed by atoms with Gasteiger partial charge in [-0.15, -0.1) is 0 Å². The van der Waals surface area contributed by atoms with Crippen LogP contribution < -0.4 is 10.2 Å². The van der Waals surface area contributed by atoms with Crippen LogP contribution in [-0.2, 0) is 22.5 Å². The van der Waals surface area contributed by atoms with Crippen LogP contribution in [0.2, 0.25) is 0 Å². The van der Waals surface area contributed by atoms with Gasteiger partial charge in [-0.3, -0.25) is 19.9 Å².